The Bertz CT molecular complexity index is 531. The highest BCUT2D eigenvalue weighted by molar-refractivity contribution is 6.00. The van der Waals surface area contributed by atoms with E-state index in [1.54, 1.807) is 6.20 Å². The predicted molar refractivity (Wildman–Crippen MR) is 69.8 cm³/mol. The van der Waals surface area contributed by atoms with E-state index in [0.717, 1.165) is 23.0 Å². The molecule has 3 nitrogen and oxygen atoms in total. The van der Waals surface area contributed by atoms with Crippen molar-refractivity contribution in [2.24, 2.45) is 5.92 Å². The van der Waals surface area contributed by atoms with E-state index < -0.39 is 0 Å². The first-order chi connectivity index (χ1) is 8.22. The van der Waals surface area contributed by atoms with Crippen LogP contribution < -0.4 is 5.32 Å². The molecule has 17 heavy (non-hydrogen) atoms. The minimum absolute atomic E-state index is 0.0222. The molecule has 0 aliphatic heterocycles. The minimum atomic E-state index is 0.0222. The Labute approximate surface area is 101 Å². The summed E-state index contributed by atoms with van der Waals surface area (Å²) < 4.78 is 0. The average molecular weight is 228 g/mol. The molecule has 1 aromatic heterocycles. The summed E-state index contributed by atoms with van der Waals surface area (Å²) in [4.78, 5) is 16.2. The molecule has 2 rings (SSSR count). The highest BCUT2D eigenvalue weighted by Crippen LogP contribution is 2.21. The van der Waals surface area contributed by atoms with Crippen molar-refractivity contribution in [3.63, 3.8) is 0 Å². The Morgan fingerprint density at radius 2 is 2.12 bits per heavy atom. The third kappa shape index (κ3) is 2.44. The summed E-state index contributed by atoms with van der Waals surface area (Å²) in [6, 6.07) is 9.68. The van der Waals surface area contributed by atoms with Crippen molar-refractivity contribution in [2.45, 2.75) is 20.3 Å². The number of benzene rings is 1. The van der Waals surface area contributed by atoms with Crippen molar-refractivity contribution in [1.29, 1.82) is 0 Å². The molecular weight excluding hydrogens is 212 g/mol. The lowest BCUT2D eigenvalue weighted by Crippen LogP contribution is -2.19. The number of rotatable bonds is 3. The number of nitrogens with one attached hydrogen (secondary N) is 1. The molecule has 0 saturated heterocycles. The number of nitrogens with zero attached hydrogens (tertiary/aromatic N) is 1. The summed E-state index contributed by atoms with van der Waals surface area (Å²) in [5, 5.41) is 3.97. The summed E-state index contributed by atoms with van der Waals surface area (Å²) in [6.45, 7) is 3.93. The number of hydrogen-bond acceptors (Lipinski definition) is 2. The number of carbonyl (C=O) groups is 1. The molecule has 1 N–H and O–H groups in total. The quantitative estimate of drug-likeness (QED) is 0.876. The standard InChI is InChI=1S/C14H16N2O/c1-3-10(2)14(17)16-12-8-4-6-11-7-5-9-15-13(11)12/h4-10H,3H2,1-2H3,(H,16,17)/t10-/m0/s1. The lowest BCUT2D eigenvalue weighted by atomic mass is 10.1. The maximum Gasteiger partial charge on any atom is 0.227 e. The Morgan fingerprint density at radius 1 is 1.35 bits per heavy atom. The van der Waals surface area contributed by atoms with Gasteiger partial charge in [0.2, 0.25) is 5.91 Å². The van der Waals surface area contributed by atoms with E-state index in [-0.39, 0.29) is 11.8 Å². The zero-order valence-corrected chi connectivity index (χ0v) is 10.1. The zero-order chi connectivity index (χ0) is 12.3. The number of pyridine rings is 1. The third-order valence-electron chi connectivity index (χ3n) is 2.95. The van der Waals surface area contributed by atoms with Crippen LogP contribution in [0.4, 0.5) is 5.69 Å². The topological polar surface area (TPSA) is 42.0 Å². The lowest BCUT2D eigenvalue weighted by molar-refractivity contribution is -0.119. The van der Waals surface area contributed by atoms with Gasteiger partial charge in [-0.2, -0.15) is 0 Å². The molecule has 88 valence electrons. The average Bonchev–Trinajstić information content (AvgIpc) is 2.38. The molecule has 0 fully saturated rings. The second-order valence-electron chi connectivity index (χ2n) is 4.18. The van der Waals surface area contributed by atoms with Crippen molar-refractivity contribution in [3.05, 3.63) is 36.5 Å². The molecule has 0 saturated carbocycles. The minimum Gasteiger partial charge on any atom is -0.324 e. The molecular formula is C14H16N2O. The van der Waals surface area contributed by atoms with Crippen molar-refractivity contribution >= 4 is 22.5 Å². The van der Waals surface area contributed by atoms with E-state index in [0.29, 0.717) is 0 Å². The van der Waals surface area contributed by atoms with Crippen LogP contribution in [0.3, 0.4) is 0 Å². The molecule has 1 aromatic carbocycles. The first kappa shape index (κ1) is 11.6. The van der Waals surface area contributed by atoms with Crippen molar-refractivity contribution in [3.8, 4) is 0 Å². The van der Waals surface area contributed by atoms with Crippen LogP contribution in [0.25, 0.3) is 10.9 Å². The number of amides is 1. The van der Waals surface area contributed by atoms with Crippen molar-refractivity contribution in [2.75, 3.05) is 5.32 Å². The van der Waals surface area contributed by atoms with Crippen LogP contribution in [0.2, 0.25) is 0 Å². The Morgan fingerprint density at radius 3 is 2.88 bits per heavy atom. The van der Waals surface area contributed by atoms with E-state index in [9.17, 15) is 4.79 Å². The molecule has 3 heteroatoms. The molecule has 0 aliphatic carbocycles. The van der Waals surface area contributed by atoms with Crippen LogP contribution in [0.1, 0.15) is 20.3 Å². The smallest absolute Gasteiger partial charge is 0.227 e. The number of aromatic nitrogens is 1. The van der Waals surface area contributed by atoms with E-state index >= 15 is 0 Å². The van der Waals surface area contributed by atoms with Gasteiger partial charge in [-0.15, -0.1) is 0 Å². The van der Waals surface area contributed by atoms with Crippen molar-refractivity contribution in [1.82, 2.24) is 4.98 Å². The number of fused-ring (bicyclic) bond motifs is 1. The summed E-state index contributed by atoms with van der Waals surface area (Å²) in [7, 11) is 0. The van der Waals surface area contributed by atoms with Gasteiger partial charge < -0.3 is 5.32 Å². The van der Waals surface area contributed by atoms with Crippen LogP contribution in [0.15, 0.2) is 36.5 Å². The second kappa shape index (κ2) is 4.95. The fourth-order valence-electron chi connectivity index (χ4n) is 1.65. The number of hydrogen-bond donors (Lipinski definition) is 1. The predicted octanol–water partition coefficient (Wildman–Crippen LogP) is 3.22. The first-order valence-corrected chi connectivity index (χ1v) is 5.87. The molecule has 1 atom stereocenters. The third-order valence-corrected chi connectivity index (χ3v) is 2.95. The molecule has 2 aromatic rings. The van der Waals surface area contributed by atoms with Gasteiger partial charge in [0.05, 0.1) is 11.2 Å². The fraction of sp³-hybridized carbons (Fsp3) is 0.286. The Hall–Kier alpha value is -1.90. The maximum atomic E-state index is 11.8. The van der Waals surface area contributed by atoms with Crippen LogP contribution in [-0.4, -0.2) is 10.9 Å². The molecule has 0 bridgehead atoms. The van der Waals surface area contributed by atoms with E-state index in [2.05, 4.69) is 10.3 Å². The number of anilines is 1. The summed E-state index contributed by atoms with van der Waals surface area (Å²) >= 11 is 0. The van der Waals surface area contributed by atoms with Gasteiger partial charge in [-0.3, -0.25) is 9.78 Å². The Kier molecular flexibility index (Phi) is 3.38. The zero-order valence-electron chi connectivity index (χ0n) is 10.1. The second-order valence-corrected chi connectivity index (χ2v) is 4.18. The van der Waals surface area contributed by atoms with Crippen LogP contribution in [-0.2, 0) is 4.79 Å². The monoisotopic (exact) mass is 228 g/mol. The van der Waals surface area contributed by atoms with E-state index in [4.69, 9.17) is 0 Å². The fourth-order valence-corrected chi connectivity index (χ4v) is 1.65. The van der Waals surface area contributed by atoms with Crippen LogP contribution in [0.5, 0.6) is 0 Å². The van der Waals surface area contributed by atoms with Gasteiger partial charge in [0.1, 0.15) is 0 Å². The van der Waals surface area contributed by atoms with Crippen LogP contribution >= 0.6 is 0 Å². The van der Waals surface area contributed by atoms with E-state index in [1.807, 2.05) is 44.2 Å². The summed E-state index contributed by atoms with van der Waals surface area (Å²) in [6.07, 6.45) is 2.57. The first-order valence-electron chi connectivity index (χ1n) is 5.87. The van der Waals surface area contributed by atoms with Gasteiger partial charge in [0.25, 0.3) is 0 Å². The van der Waals surface area contributed by atoms with Crippen LogP contribution in [0, 0.1) is 5.92 Å². The summed E-state index contributed by atoms with van der Waals surface area (Å²) in [5.74, 6) is 0.0691. The highest BCUT2D eigenvalue weighted by Gasteiger charge is 2.12. The number of para-hydroxylation sites is 1. The van der Waals surface area contributed by atoms with Gasteiger partial charge in [-0.25, -0.2) is 0 Å². The molecule has 1 amide bonds. The summed E-state index contributed by atoms with van der Waals surface area (Å²) in [5.41, 5.74) is 1.63. The largest absolute Gasteiger partial charge is 0.324 e. The molecule has 1 heterocycles. The molecule has 0 aliphatic rings. The SMILES string of the molecule is CC[C@H](C)C(=O)Nc1cccc2cccnc12. The molecule has 0 radical (unpaired) electrons. The lowest BCUT2D eigenvalue weighted by Gasteiger charge is -2.11. The van der Waals surface area contributed by atoms with Crippen molar-refractivity contribution < 1.29 is 4.79 Å². The van der Waals surface area contributed by atoms with Gasteiger partial charge in [0.15, 0.2) is 0 Å². The molecule has 0 unspecified atom stereocenters. The van der Waals surface area contributed by atoms with E-state index in [1.165, 1.54) is 0 Å². The Balaban J connectivity index is 2.33. The van der Waals surface area contributed by atoms with Gasteiger partial charge in [-0.1, -0.05) is 32.0 Å². The highest BCUT2D eigenvalue weighted by atomic mass is 16.1. The molecule has 0 spiro atoms. The number of carbonyl (C=O) groups excluding carboxylic acids is 1. The maximum absolute atomic E-state index is 11.8. The van der Waals surface area contributed by atoms with Gasteiger partial charge in [-0.05, 0) is 18.6 Å². The van der Waals surface area contributed by atoms with Gasteiger partial charge >= 0.3 is 0 Å². The van der Waals surface area contributed by atoms with Gasteiger partial charge in [0, 0.05) is 17.5 Å². The normalized spacial score (nSPS) is 12.4.